The van der Waals surface area contributed by atoms with Crippen LogP contribution in [0.3, 0.4) is 0 Å². The summed E-state index contributed by atoms with van der Waals surface area (Å²) in [6, 6.07) is 0.466. The molecule has 1 aromatic rings. The number of hydrogen-bond donors (Lipinski definition) is 3. The number of nitro groups is 1. The fourth-order valence-corrected chi connectivity index (χ4v) is 1.18. The van der Waals surface area contributed by atoms with Crippen molar-refractivity contribution in [3.63, 3.8) is 0 Å². The van der Waals surface area contributed by atoms with Crippen molar-refractivity contribution < 1.29 is 24.0 Å². The molecule has 0 radical (unpaired) electrons. The van der Waals surface area contributed by atoms with Crippen molar-refractivity contribution in [3.8, 4) is 0 Å². The lowest BCUT2D eigenvalue weighted by molar-refractivity contribution is -0.385. The van der Waals surface area contributed by atoms with Gasteiger partial charge in [0, 0.05) is 6.07 Å². The second-order valence-corrected chi connectivity index (χ2v) is 3.61. The third-order valence-electron chi connectivity index (χ3n) is 2.07. The van der Waals surface area contributed by atoms with E-state index in [1.807, 2.05) is 0 Å². The van der Waals surface area contributed by atoms with Gasteiger partial charge in [0.25, 0.3) is 5.69 Å². The van der Waals surface area contributed by atoms with E-state index in [9.17, 15) is 24.1 Å². The maximum Gasteiger partial charge on any atom is 0.325 e. The zero-order chi connectivity index (χ0) is 14.6. The molecule has 1 rings (SSSR count). The number of urea groups is 1. The van der Waals surface area contributed by atoms with E-state index >= 15 is 0 Å². The van der Waals surface area contributed by atoms with Crippen molar-refractivity contribution >= 4 is 23.4 Å². The monoisotopic (exact) mass is 271 g/mol. The first-order valence-electron chi connectivity index (χ1n) is 5.05. The van der Waals surface area contributed by atoms with Crippen LogP contribution in [0.4, 0.5) is 20.6 Å². The molecule has 0 unspecified atom stereocenters. The minimum Gasteiger partial charge on any atom is -0.480 e. The summed E-state index contributed by atoms with van der Waals surface area (Å²) in [7, 11) is 0. The number of nitro benzene ring substituents is 1. The van der Waals surface area contributed by atoms with Crippen LogP contribution in [0.2, 0.25) is 0 Å². The molecule has 8 nitrogen and oxygen atoms in total. The van der Waals surface area contributed by atoms with Gasteiger partial charge in [-0.1, -0.05) is 0 Å². The Kier molecular flexibility index (Phi) is 4.35. The summed E-state index contributed by atoms with van der Waals surface area (Å²) in [5, 5.41) is 23.2. The van der Waals surface area contributed by atoms with Crippen molar-refractivity contribution in [1.82, 2.24) is 5.32 Å². The number of carboxylic acids is 1. The fourth-order valence-electron chi connectivity index (χ4n) is 1.18. The van der Waals surface area contributed by atoms with E-state index in [1.165, 1.54) is 6.92 Å². The molecule has 0 heterocycles. The average molecular weight is 271 g/mol. The van der Waals surface area contributed by atoms with Crippen LogP contribution in [-0.2, 0) is 4.79 Å². The van der Waals surface area contributed by atoms with Crippen molar-refractivity contribution in [1.29, 1.82) is 0 Å². The summed E-state index contributed by atoms with van der Waals surface area (Å²) >= 11 is 0. The van der Waals surface area contributed by atoms with E-state index in [1.54, 1.807) is 0 Å². The van der Waals surface area contributed by atoms with E-state index in [-0.39, 0.29) is 5.69 Å². The Bertz CT molecular complexity index is 534. The van der Waals surface area contributed by atoms with Crippen LogP contribution in [0.25, 0.3) is 0 Å². The molecule has 9 heteroatoms. The number of carbonyl (C=O) groups excluding carboxylic acids is 1. The zero-order valence-electron chi connectivity index (χ0n) is 9.71. The van der Waals surface area contributed by atoms with Crippen LogP contribution < -0.4 is 10.6 Å². The van der Waals surface area contributed by atoms with E-state index < -0.39 is 34.5 Å². The summed E-state index contributed by atoms with van der Waals surface area (Å²) in [6.45, 7) is 1.23. The van der Waals surface area contributed by atoms with Crippen LogP contribution in [0, 0.1) is 15.9 Å². The quantitative estimate of drug-likeness (QED) is 0.563. The fraction of sp³-hybridized carbons (Fsp3) is 0.200. The van der Waals surface area contributed by atoms with Crippen molar-refractivity contribution in [2.45, 2.75) is 13.0 Å². The van der Waals surface area contributed by atoms with Crippen LogP contribution in [-0.4, -0.2) is 28.1 Å². The topological polar surface area (TPSA) is 122 Å². The number of nitrogens with zero attached hydrogens (tertiary/aromatic N) is 1. The summed E-state index contributed by atoms with van der Waals surface area (Å²) in [6.07, 6.45) is 0. The molecule has 0 fully saturated rings. The molecule has 0 aliphatic heterocycles. The van der Waals surface area contributed by atoms with Gasteiger partial charge in [0.1, 0.15) is 11.9 Å². The van der Waals surface area contributed by atoms with Crippen LogP contribution >= 0.6 is 0 Å². The van der Waals surface area contributed by atoms with Gasteiger partial charge in [0.05, 0.1) is 16.7 Å². The molecular formula is C10H10FN3O5. The number of aliphatic carboxylic acids is 1. The van der Waals surface area contributed by atoms with Crippen molar-refractivity contribution in [2.75, 3.05) is 5.32 Å². The smallest absolute Gasteiger partial charge is 0.325 e. The third-order valence-corrected chi connectivity index (χ3v) is 2.07. The summed E-state index contributed by atoms with van der Waals surface area (Å²) in [4.78, 5) is 31.5. The Morgan fingerprint density at radius 2 is 2.05 bits per heavy atom. The van der Waals surface area contributed by atoms with Crippen LogP contribution in [0.15, 0.2) is 18.2 Å². The first kappa shape index (κ1) is 14.4. The number of rotatable bonds is 4. The van der Waals surface area contributed by atoms with E-state index in [0.717, 1.165) is 12.1 Å². The number of amides is 2. The first-order chi connectivity index (χ1) is 8.79. The lowest BCUT2D eigenvalue weighted by atomic mass is 10.2. The largest absolute Gasteiger partial charge is 0.480 e. The van der Waals surface area contributed by atoms with Gasteiger partial charge >= 0.3 is 12.0 Å². The molecule has 2 amide bonds. The average Bonchev–Trinajstić information content (AvgIpc) is 2.27. The molecule has 0 spiro atoms. The number of hydrogen-bond acceptors (Lipinski definition) is 4. The van der Waals surface area contributed by atoms with E-state index in [0.29, 0.717) is 6.07 Å². The normalized spacial score (nSPS) is 11.5. The number of benzene rings is 1. The van der Waals surface area contributed by atoms with E-state index in [4.69, 9.17) is 5.11 Å². The third kappa shape index (κ3) is 4.22. The number of carbonyl (C=O) groups is 2. The maximum atomic E-state index is 13.1. The van der Waals surface area contributed by atoms with Crippen molar-refractivity contribution in [2.24, 2.45) is 0 Å². The standard InChI is InChI=1S/C10H10FN3O5/c1-5(9(15)16)12-10(17)13-7-2-6(11)3-8(4-7)14(18)19/h2-5H,1H3,(H,15,16)(H2,12,13,17)/t5-/m1/s1. The molecule has 0 saturated carbocycles. The van der Waals surface area contributed by atoms with Gasteiger partial charge in [0.15, 0.2) is 0 Å². The highest BCUT2D eigenvalue weighted by molar-refractivity contribution is 5.92. The molecule has 3 N–H and O–H groups in total. The predicted octanol–water partition coefficient (Wildman–Crippen LogP) is 1.33. The van der Waals surface area contributed by atoms with Crippen LogP contribution in [0.5, 0.6) is 0 Å². The minimum atomic E-state index is -1.25. The molecule has 0 saturated heterocycles. The lowest BCUT2D eigenvalue weighted by Gasteiger charge is -2.10. The van der Waals surface area contributed by atoms with Gasteiger partial charge < -0.3 is 15.7 Å². The Morgan fingerprint density at radius 1 is 1.42 bits per heavy atom. The summed E-state index contributed by atoms with van der Waals surface area (Å²) < 4.78 is 13.1. The van der Waals surface area contributed by atoms with Gasteiger partial charge in [-0.3, -0.25) is 14.9 Å². The number of nitrogens with one attached hydrogen (secondary N) is 2. The maximum absolute atomic E-state index is 13.1. The van der Waals surface area contributed by atoms with Gasteiger partial charge in [-0.25, -0.2) is 9.18 Å². The molecule has 0 aliphatic rings. The Morgan fingerprint density at radius 3 is 2.58 bits per heavy atom. The second-order valence-electron chi connectivity index (χ2n) is 3.61. The van der Waals surface area contributed by atoms with Gasteiger partial charge in [-0.05, 0) is 13.0 Å². The molecular weight excluding hydrogens is 261 g/mol. The minimum absolute atomic E-state index is 0.151. The highest BCUT2D eigenvalue weighted by Gasteiger charge is 2.15. The number of anilines is 1. The Labute approximate surface area is 106 Å². The molecule has 0 aromatic heterocycles. The highest BCUT2D eigenvalue weighted by atomic mass is 19.1. The van der Waals surface area contributed by atoms with Gasteiger partial charge in [-0.15, -0.1) is 0 Å². The molecule has 1 aromatic carbocycles. The molecule has 19 heavy (non-hydrogen) atoms. The van der Waals surface area contributed by atoms with E-state index in [2.05, 4.69) is 10.6 Å². The number of halogens is 1. The highest BCUT2D eigenvalue weighted by Crippen LogP contribution is 2.19. The summed E-state index contributed by atoms with van der Waals surface area (Å²) in [5.74, 6) is -2.14. The molecule has 0 bridgehead atoms. The van der Waals surface area contributed by atoms with Gasteiger partial charge in [-0.2, -0.15) is 0 Å². The second kappa shape index (κ2) is 5.76. The molecule has 0 aliphatic carbocycles. The van der Waals surface area contributed by atoms with Crippen LogP contribution in [0.1, 0.15) is 6.92 Å². The zero-order valence-corrected chi connectivity index (χ0v) is 9.71. The SMILES string of the molecule is C[C@@H](NC(=O)Nc1cc(F)cc([N+](=O)[O-])c1)C(=O)O. The Balaban J connectivity index is 2.79. The molecule has 1 atom stereocenters. The molecule has 102 valence electrons. The lowest BCUT2D eigenvalue weighted by Crippen LogP contribution is -2.40. The van der Waals surface area contributed by atoms with Crippen molar-refractivity contribution in [3.05, 3.63) is 34.1 Å². The predicted molar refractivity (Wildman–Crippen MR) is 62.3 cm³/mol. The first-order valence-corrected chi connectivity index (χ1v) is 5.05. The van der Waals surface area contributed by atoms with Gasteiger partial charge in [0.2, 0.25) is 0 Å². The number of non-ortho nitro benzene ring substituents is 1. The Hall–Kier alpha value is -2.71. The summed E-state index contributed by atoms with van der Waals surface area (Å²) in [5.41, 5.74) is -0.677. The number of carboxylic acid groups (broad SMARTS) is 1.